The van der Waals surface area contributed by atoms with Gasteiger partial charge in [-0.15, -0.1) is 11.3 Å². The van der Waals surface area contributed by atoms with Crippen molar-refractivity contribution < 1.29 is 4.79 Å². The van der Waals surface area contributed by atoms with Crippen LogP contribution in [0.2, 0.25) is 0 Å². The lowest BCUT2D eigenvalue weighted by molar-refractivity contribution is -0.126. The second-order valence-corrected chi connectivity index (χ2v) is 6.46. The molecule has 2 heterocycles. The first-order valence-corrected chi connectivity index (χ1v) is 8.30. The molecule has 3 unspecified atom stereocenters. The summed E-state index contributed by atoms with van der Waals surface area (Å²) < 4.78 is 0. The molecule has 0 aliphatic carbocycles. The van der Waals surface area contributed by atoms with Crippen molar-refractivity contribution >= 4 is 17.2 Å². The summed E-state index contributed by atoms with van der Waals surface area (Å²) in [5.41, 5.74) is 6.36. The van der Waals surface area contributed by atoms with Crippen LogP contribution in [-0.4, -0.2) is 37.0 Å². The quantitative estimate of drug-likeness (QED) is 0.873. The third kappa shape index (κ3) is 3.40. The molecule has 1 amide bonds. The molecule has 0 saturated carbocycles. The fourth-order valence-electron chi connectivity index (χ4n) is 3.02. The van der Waals surface area contributed by atoms with Gasteiger partial charge in [0.25, 0.3) is 0 Å². The van der Waals surface area contributed by atoms with Crippen molar-refractivity contribution in [1.82, 2.24) is 10.2 Å². The summed E-state index contributed by atoms with van der Waals surface area (Å²) in [4.78, 5) is 15.6. The molecular weight excluding hydrogens is 270 g/mol. The number of carbonyl (C=O) groups excluding carboxylic acids is 1. The van der Waals surface area contributed by atoms with E-state index < -0.39 is 0 Å². The van der Waals surface area contributed by atoms with Gasteiger partial charge in [0.05, 0.1) is 12.0 Å². The third-order valence-electron chi connectivity index (χ3n) is 4.18. The Hall–Kier alpha value is -0.910. The van der Waals surface area contributed by atoms with Gasteiger partial charge < -0.3 is 11.1 Å². The van der Waals surface area contributed by atoms with Gasteiger partial charge in [0.15, 0.2) is 0 Å². The molecule has 1 aliphatic heterocycles. The van der Waals surface area contributed by atoms with Gasteiger partial charge >= 0.3 is 0 Å². The standard InChI is InChI=1S/C15H25N3OS/c1-3-12(16)14(13-7-5-9-20-13)18-8-4-6-11(10-18)15(19)17-2/h5,7,9,11-12,14H,3-4,6,8,10,16H2,1-2H3,(H,17,19). The number of nitrogens with two attached hydrogens (primary N) is 1. The highest BCUT2D eigenvalue weighted by Gasteiger charge is 2.32. The van der Waals surface area contributed by atoms with Gasteiger partial charge in [-0.05, 0) is 37.3 Å². The normalized spacial score (nSPS) is 23.2. The van der Waals surface area contributed by atoms with E-state index in [9.17, 15) is 4.79 Å². The van der Waals surface area contributed by atoms with Crippen LogP contribution in [0.4, 0.5) is 0 Å². The molecule has 1 aromatic rings. The summed E-state index contributed by atoms with van der Waals surface area (Å²) in [6.45, 7) is 3.98. The molecule has 0 bridgehead atoms. The van der Waals surface area contributed by atoms with Crippen LogP contribution in [-0.2, 0) is 4.79 Å². The molecular formula is C15H25N3OS. The highest BCUT2D eigenvalue weighted by Crippen LogP contribution is 2.32. The summed E-state index contributed by atoms with van der Waals surface area (Å²) in [6, 6.07) is 4.61. The molecule has 0 radical (unpaired) electrons. The molecule has 1 saturated heterocycles. The molecule has 2 rings (SSSR count). The van der Waals surface area contributed by atoms with Crippen LogP contribution in [0, 0.1) is 5.92 Å². The van der Waals surface area contributed by atoms with E-state index in [-0.39, 0.29) is 23.9 Å². The van der Waals surface area contributed by atoms with Crippen molar-refractivity contribution in [2.24, 2.45) is 11.7 Å². The lowest BCUT2D eigenvalue weighted by Crippen LogP contribution is -2.48. The first kappa shape index (κ1) is 15.5. The largest absolute Gasteiger partial charge is 0.359 e. The van der Waals surface area contributed by atoms with Crippen LogP contribution < -0.4 is 11.1 Å². The van der Waals surface area contributed by atoms with E-state index >= 15 is 0 Å². The monoisotopic (exact) mass is 295 g/mol. The van der Waals surface area contributed by atoms with Crippen LogP contribution in [0.1, 0.15) is 37.1 Å². The van der Waals surface area contributed by atoms with Crippen LogP contribution >= 0.6 is 11.3 Å². The van der Waals surface area contributed by atoms with Crippen LogP contribution in [0.25, 0.3) is 0 Å². The second-order valence-electron chi connectivity index (χ2n) is 5.48. The molecule has 5 heteroatoms. The molecule has 1 aromatic heterocycles. The summed E-state index contributed by atoms with van der Waals surface area (Å²) in [5.74, 6) is 0.255. The molecule has 0 spiro atoms. The van der Waals surface area contributed by atoms with E-state index in [1.54, 1.807) is 18.4 Å². The van der Waals surface area contributed by atoms with Crippen molar-refractivity contribution in [2.45, 2.75) is 38.3 Å². The number of piperidine rings is 1. The number of hydrogen-bond acceptors (Lipinski definition) is 4. The highest BCUT2D eigenvalue weighted by atomic mass is 32.1. The Morgan fingerprint density at radius 3 is 3.05 bits per heavy atom. The number of nitrogens with one attached hydrogen (secondary N) is 1. The number of nitrogens with zero attached hydrogens (tertiary/aromatic N) is 1. The van der Waals surface area contributed by atoms with Crippen molar-refractivity contribution in [3.63, 3.8) is 0 Å². The SMILES string of the molecule is CCC(N)C(c1cccs1)N1CCCC(C(=O)NC)C1. The minimum Gasteiger partial charge on any atom is -0.359 e. The van der Waals surface area contributed by atoms with Gasteiger partial charge in [0.1, 0.15) is 0 Å². The van der Waals surface area contributed by atoms with E-state index in [0.717, 1.165) is 32.4 Å². The Labute approximate surface area is 125 Å². The molecule has 0 aromatic carbocycles. The van der Waals surface area contributed by atoms with Gasteiger partial charge in [-0.2, -0.15) is 0 Å². The predicted molar refractivity (Wildman–Crippen MR) is 83.7 cm³/mol. The van der Waals surface area contributed by atoms with E-state index in [1.807, 2.05) is 0 Å². The van der Waals surface area contributed by atoms with Gasteiger partial charge in [-0.1, -0.05) is 13.0 Å². The number of likely N-dealkylation sites (tertiary alicyclic amines) is 1. The number of hydrogen-bond donors (Lipinski definition) is 2. The fraction of sp³-hybridized carbons (Fsp3) is 0.667. The first-order valence-electron chi connectivity index (χ1n) is 7.42. The fourth-order valence-corrected chi connectivity index (χ4v) is 3.96. The number of amides is 1. The van der Waals surface area contributed by atoms with Gasteiger partial charge in [0.2, 0.25) is 5.91 Å². The number of carbonyl (C=O) groups is 1. The Bertz CT molecular complexity index is 421. The molecule has 3 atom stereocenters. The molecule has 4 nitrogen and oxygen atoms in total. The Morgan fingerprint density at radius 1 is 1.65 bits per heavy atom. The minimum atomic E-state index is 0.0975. The predicted octanol–water partition coefficient (Wildman–Crippen LogP) is 1.98. The maximum absolute atomic E-state index is 11.9. The maximum Gasteiger partial charge on any atom is 0.224 e. The first-order chi connectivity index (χ1) is 9.67. The zero-order chi connectivity index (χ0) is 14.5. The average Bonchev–Trinajstić information content (AvgIpc) is 3.00. The zero-order valence-electron chi connectivity index (χ0n) is 12.3. The van der Waals surface area contributed by atoms with Crippen molar-refractivity contribution in [2.75, 3.05) is 20.1 Å². The van der Waals surface area contributed by atoms with Crippen molar-refractivity contribution in [3.8, 4) is 0 Å². The number of thiophene rings is 1. The molecule has 112 valence electrons. The average molecular weight is 295 g/mol. The molecule has 1 fully saturated rings. The lowest BCUT2D eigenvalue weighted by Gasteiger charge is -2.39. The van der Waals surface area contributed by atoms with Crippen LogP contribution in [0.5, 0.6) is 0 Å². The zero-order valence-corrected chi connectivity index (χ0v) is 13.2. The summed E-state index contributed by atoms with van der Waals surface area (Å²) in [5, 5.41) is 4.88. The van der Waals surface area contributed by atoms with E-state index in [2.05, 4.69) is 34.7 Å². The van der Waals surface area contributed by atoms with Gasteiger partial charge in [0, 0.05) is 24.5 Å². The topological polar surface area (TPSA) is 58.4 Å². The molecule has 3 N–H and O–H groups in total. The van der Waals surface area contributed by atoms with Crippen LogP contribution in [0.3, 0.4) is 0 Å². The van der Waals surface area contributed by atoms with E-state index in [4.69, 9.17) is 5.73 Å². The summed E-state index contributed by atoms with van der Waals surface area (Å²) in [6.07, 6.45) is 2.99. The van der Waals surface area contributed by atoms with E-state index in [1.165, 1.54) is 4.88 Å². The Balaban J connectivity index is 2.14. The van der Waals surface area contributed by atoms with Crippen molar-refractivity contribution in [1.29, 1.82) is 0 Å². The van der Waals surface area contributed by atoms with Gasteiger partial charge in [-0.25, -0.2) is 0 Å². The smallest absolute Gasteiger partial charge is 0.224 e. The lowest BCUT2D eigenvalue weighted by atomic mass is 9.93. The van der Waals surface area contributed by atoms with Crippen molar-refractivity contribution in [3.05, 3.63) is 22.4 Å². The highest BCUT2D eigenvalue weighted by molar-refractivity contribution is 7.10. The van der Waals surface area contributed by atoms with E-state index in [0.29, 0.717) is 0 Å². The maximum atomic E-state index is 11.9. The molecule has 20 heavy (non-hydrogen) atoms. The summed E-state index contributed by atoms with van der Waals surface area (Å²) >= 11 is 1.76. The second kappa shape index (κ2) is 7.20. The number of rotatable bonds is 5. The minimum absolute atomic E-state index is 0.0975. The summed E-state index contributed by atoms with van der Waals surface area (Å²) in [7, 11) is 1.72. The Kier molecular flexibility index (Phi) is 5.57. The van der Waals surface area contributed by atoms with Gasteiger partial charge in [-0.3, -0.25) is 9.69 Å². The molecule has 1 aliphatic rings. The third-order valence-corrected chi connectivity index (χ3v) is 5.12. The van der Waals surface area contributed by atoms with Crippen LogP contribution in [0.15, 0.2) is 17.5 Å². The Morgan fingerprint density at radius 2 is 2.45 bits per heavy atom.